The third-order valence-electron chi connectivity index (χ3n) is 2.52. The molecule has 0 aliphatic rings. The van der Waals surface area contributed by atoms with Gasteiger partial charge in [-0.05, 0) is 38.1 Å². The molecule has 1 aromatic carbocycles. The molecule has 0 saturated carbocycles. The van der Waals surface area contributed by atoms with E-state index in [0.29, 0.717) is 6.04 Å². The van der Waals surface area contributed by atoms with Crippen LogP contribution in [0.4, 0.5) is 0 Å². The largest absolute Gasteiger partial charge is 0.312 e. The molecule has 0 saturated heterocycles. The number of hydrogen-bond donors (Lipinski definition) is 1. The van der Waals surface area contributed by atoms with Crippen LogP contribution in [0.1, 0.15) is 30.5 Å². The smallest absolute Gasteiger partial charge is 0.0431 e. The molecule has 1 rings (SSSR count). The van der Waals surface area contributed by atoms with Crippen LogP contribution in [-0.2, 0) is 0 Å². The van der Waals surface area contributed by atoms with E-state index >= 15 is 0 Å². The Bertz CT molecular complexity index is 387. The van der Waals surface area contributed by atoms with Gasteiger partial charge in [0, 0.05) is 16.9 Å². The highest BCUT2D eigenvalue weighted by atomic mass is 79.9. The Kier molecular flexibility index (Phi) is 4.87. The van der Waals surface area contributed by atoms with Crippen molar-refractivity contribution in [1.29, 1.82) is 0 Å². The predicted molar refractivity (Wildman–Crippen MR) is 68.7 cm³/mol. The summed E-state index contributed by atoms with van der Waals surface area (Å²) in [6, 6.07) is 6.60. The first-order valence-corrected chi connectivity index (χ1v) is 5.82. The highest BCUT2D eigenvalue weighted by molar-refractivity contribution is 9.10. The van der Waals surface area contributed by atoms with Crippen molar-refractivity contribution in [3.05, 3.63) is 33.8 Å². The quantitative estimate of drug-likeness (QED) is 0.826. The van der Waals surface area contributed by atoms with Gasteiger partial charge in [-0.3, -0.25) is 0 Å². The zero-order chi connectivity index (χ0) is 11.3. The first-order valence-electron chi connectivity index (χ1n) is 5.02. The van der Waals surface area contributed by atoms with Gasteiger partial charge in [0.2, 0.25) is 0 Å². The fourth-order valence-corrected chi connectivity index (χ4v) is 1.95. The standard InChI is InChI=1S/C13H16BrN/c1-4-5-9-13(15-3)11-7-6-8-12(14)10(11)2/h6-8,13,15H,9H2,1-3H3. The SMILES string of the molecule is CC#CCC(NC)c1cccc(Br)c1C. The molecule has 0 fully saturated rings. The van der Waals surface area contributed by atoms with Crippen LogP contribution in [0.2, 0.25) is 0 Å². The number of halogens is 1. The first kappa shape index (κ1) is 12.3. The minimum Gasteiger partial charge on any atom is -0.312 e. The van der Waals surface area contributed by atoms with Crippen LogP contribution in [-0.4, -0.2) is 7.05 Å². The van der Waals surface area contributed by atoms with Crippen LogP contribution in [0.25, 0.3) is 0 Å². The summed E-state index contributed by atoms with van der Waals surface area (Å²) in [6.45, 7) is 4.00. The second kappa shape index (κ2) is 5.95. The number of rotatable bonds is 3. The summed E-state index contributed by atoms with van der Waals surface area (Å²) in [5.74, 6) is 6.05. The molecule has 0 aromatic heterocycles. The second-order valence-corrected chi connectivity index (χ2v) is 4.28. The Morgan fingerprint density at radius 3 is 2.80 bits per heavy atom. The number of hydrogen-bond acceptors (Lipinski definition) is 1. The molecule has 0 bridgehead atoms. The number of nitrogens with one attached hydrogen (secondary N) is 1. The van der Waals surface area contributed by atoms with Gasteiger partial charge in [0.1, 0.15) is 0 Å². The second-order valence-electron chi connectivity index (χ2n) is 3.43. The average molecular weight is 266 g/mol. The van der Waals surface area contributed by atoms with Gasteiger partial charge >= 0.3 is 0 Å². The lowest BCUT2D eigenvalue weighted by molar-refractivity contribution is 0.607. The lowest BCUT2D eigenvalue weighted by Crippen LogP contribution is -2.16. The van der Waals surface area contributed by atoms with E-state index in [9.17, 15) is 0 Å². The summed E-state index contributed by atoms with van der Waals surface area (Å²) in [5, 5.41) is 3.30. The van der Waals surface area contributed by atoms with Crippen molar-refractivity contribution in [2.75, 3.05) is 7.05 Å². The topological polar surface area (TPSA) is 12.0 Å². The van der Waals surface area contributed by atoms with E-state index in [1.165, 1.54) is 11.1 Å². The lowest BCUT2D eigenvalue weighted by Gasteiger charge is -2.17. The van der Waals surface area contributed by atoms with E-state index in [-0.39, 0.29) is 0 Å². The Hall–Kier alpha value is -0.780. The van der Waals surface area contributed by atoms with Gasteiger partial charge in [-0.25, -0.2) is 0 Å². The third-order valence-corrected chi connectivity index (χ3v) is 3.38. The Morgan fingerprint density at radius 2 is 2.20 bits per heavy atom. The van der Waals surface area contributed by atoms with Crippen LogP contribution < -0.4 is 5.32 Å². The average Bonchev–Trinajstić information content (AvgIpc) is 2.25. The van der Waals surface area contributed by atoms with Crippen molar-refractivity contribution >= 4 is 15.9 Å². The number of benzene rings is 1. The molecule has 1 unspecified atom stereocenters. The molecular weight excluding hydrogens is 250 g/mol. The fraction of sp³-hybridized carbons (Fsp3) is 0.385. The van der Waals surface area contributed by atoms with Crippen molar-refractivity contribution in [1.82, 2.24) is 5.32 Å². The summed E-state index contributed by atoms with van der Waals surface area (Å²) in [7, 11) is 1.97. The maximum atomic E-state index is 3.55. The normalized spacial score (nSPS) is 11.7. The molecule has 0 spiro atoms. The fourth-order valence-electron chi connectivity index (χ4n) is 1.57. The minimum atomic E-state index is 0.315. The molecule has 1 nitrogen and oxygen atoms in total. The molecule has 15 heavy (non-hydrogen) atoms. The van der Waals surface area contributed by atoms with Crippen molar-refractivity contribution in [3.8, 4) is 11.8 Å². The van der Waals surface area contributed by atoms with E-state index in [1.54, 1.807) is 0 Å². The van der Waals surface area contributed by atoms with Crippen LogP contribution in [0.5, 0.6) is 0 Å². The van der Waals surface area contributed by atoms with Gasteiger partial charge < -0.3 is 5.32 Å². The van der Waals surface area contributed by atoms with Crippen LogP contribution >= 0.6 is 15.9 Å². The van der Waals surface area contributed by atoms with Crippen LogP contribution in [0.15, 0.2) is 22.7 Å². The first-order chi connectivity index (χ1) is 7.20. The van der Waals surface area contributed by atoms with Crippen molar-refractivity contribution < 1.29 is 0 Å². The monoisotopic (exact) mass is 265 g/mol. The van der Waals surface area contributed by atoms with E-state index < -0.39 is 0 Å². The highest BCUT2D eigenvalue weighted by Gasteiger charge is 2.11. The van der Waals surface area contributed by atoms with E-state index in [1.807, 2.05) is 14.0 Å². The Labute approximate surface area is 100 Å². The molecule has 80 valence electrons. The van der Waals surface area contributed by atoms with E-state index in [2.05, 4.69) is 58.2 Å². The van der Waals surface area contributed by atoms with Crippen LogP contribution in [0, 0.1) is 18.8 Å². The molecule has 0 aliphatic heterocycles. The maximum absolute atomic E-state index is 3.55. The molecule has 1 aromatic rings. The van der Waals surface area contributed by atoms with Crippen molar-refractivity contribution in [2.24, 2.45) is 0 Å². The molecule has 0 aliphatic carbocycles. The Morgan fingerprint density at radius 1 is 1.47 bits per heavy atom. The predicted octanol–water partition coefficient (Wildman–Crippen LogP) is 3.43. The molecule has 2 heteroatoms. The van der Waals surface area contributed by atoms with E-state index in [4.69, 9.17) is 0 Å². The summed E-state index contributed by atoms with van der Waals surface area (Å²) < 4.78 is 1.16. The molecule has 0 amide bonds. The van der Waals surface area contributed by atoms with Gasteiger partial charge in [-0.2, -0.15) is 0 Å². The molecule has 0 radical (unpaired) electrons. The zero-order valence-corrected chi connectivity index (χ0v) is 11.0. The maximum Gasteiger partial charge on any atom is 0.0431 e. The van der Waals surface area contributed by atoms with Gasteiger partial charge in [0.05, 0.1) is 0 Å². The molecule has 1 atom stereocenters. The minimum absolute atomic E-state index is 0.315. The zero-order valence-electron chi connectivity index (χ0n) is 9.39. The summed E-state index contributed by atoms with van der Waals surface area (Å²) in [5.41, 5.74) is 2.60. The van der Waals surface area contributed by atoms with Gasteiger partial charge in [0.15, 0.2) is 0 Å². The van der Waals surface area contributed by atoms with Crippen LogP contribution in [0.3, 0.4) is 0 Å². The lowest BCUT2D eigenvalue weighted by atomic mass is 9.99. The summed E-state index contributed by atoms with van der Waals surface area (Å²) in [4.78, 5) is 0. The summed E-state index contributed by atoms with van der Waals surface area (Å²) >= 11 is 3.55. The highest BCUT2D eigenvalue weighted by Crippen LogP contribution is 2.25. The van der Waals surface area contributed by atoms with Gasteiger partial charge in [0.25, 0.3) is 0 Å². The van der Waals surface area contributed by atoms with Crippen molar-refractivity contribution in [2.45, 2.75) is 26.3 Å². The van der Waals surface area contributed by atoms with Gasteiger partial charge in [-0.1, -0.05) is 28.1 Å². The summed E-state index contributed by atoms with van der Waals surface area (Å²) in [6.07, 6.45) is 0.851. The molecule has 1 N–H and O–H groups in total. The molecule has 0 heterocycles. The van der Waals surface area contributed by atoms with E-state index in [0.717, 1.165) is 10.9 Å². The Balaban J connectivity index is 2.99. The van der Waals surface area contributed by atoms with Gasteiger partial charge in [-0.15, -0.1) is 11.8 Å². The third kappa shape index (κ3) is 3.09. The molecular formula is C13H16BrN. The van der Waals surface area contributed by atoms with Crippen molar-refractivity contribution in [3.63, 3.8) is 0 Å².